The highest BCUT2D eigenvalue weighted by atomic mass is 32.2. The number of nitrogens with one attached hydrogen (secondary N) is 3. The fourth-order valence-corrected chi connectivity index (χ4v) is 3.87. The van der Waals surface area contributed by atoms with Crippen molar-refractivity contribution in [3.63, 3.8) is 0 Å². The number of thioether (sulfide) groups is 1. The van der Waals surface area contributed by atoms with Crippen LogP contribution >= 0.6 is 11.8 Å². The number of anilines is 1. The molecule has 0 aliphatic heterocycles. The van der Waals surface area contributed by atoms with Crippen molar-refractivity contribution in [2.45, 2.75) is 39.0 Å². The SMILES string of the molecule is CCC(C(=O)NCC(=O)CSCc1ccccc1)n1cc(C)nc(NCC(=N)C(C)=[NH2+])c1=O. The number of hydrogen-bond donors (Lipinski definition) is 4. The Morgan fingerprint density at radius 3 is 2.58 bits per heavy atom. The zero-order valence-electron chi connectivity index (χ0n) is 19.2. The minimum atomic E-state index is -0.785. The highest BCUT2D eigenvalue weighted by Gasteiger charge is 2.22. The second kappa shape index (κ2) is 12.7. The fraction of sp³-hybridized carbons (Fsp3) is 0.391. The minimum absolute atomic E-state index is 0.0423. The summed E-state index contributed by atoms with van der Waals surface area (Å²) in [5.74, 6) is 0.555. The molecule has 2 aromatic rings. The van der Waals surface area contributed by atoms with Crippen LogP contribution in [0.2, 0.25) is 0 Å². The molecule has 0 saturated heterocycles. The first-order chi connectivity index (χ1) is 15.7. The van der Waals surface area contributed by atoms with Gasteiger partial charge in [0.1, 0.15) is 11.8 Å². The van der Waals surface area contributed by atoms with Gasteiger partial charge in [0.25, 0.3) is 5.56 Å². The molecular formula is C23H31N6O3S+. The summed E-state index contributed by atoms with van der Waals surface area (Å²) in [6.45, 7) is 5.06. The summed E-state index contributed by atoms with van der Waals surface area (Å²) in [4.78, 5) is 42.1. The van der Waals surface area contributed by atoms with Gasteiger partial charge in [0.2, 0.25) is 5.91 Å². The predicted octanol–water partition coefficient (Wildman–Crippen LogP) is 0.773. The van der Waals surface area contributed by atoms with E-state index in [1.165, 1.54) is 22.5 Å². The van der Waals surface area contributed by atoms with Crippen LogP contribution in [0.4, 0.5) is 5.82 Å². The molecule has 9 nitrogen and oxygen atoms in total. The van der Waals surface area contributed by atoms with Gasteiger partial charge < -0.3 is 10.6 Å². The quantitative estimate of drug-likeness (QED) is 0.318. The fourth-order valence-electron chi connectivity index (χ4n) is 3.01. The van der Waals surface area contributed by atoms with E-state index in [0.717, 1.165) is 11.3 Å². The monoisotopic (exact) mass is 471 g/mol. The molecule has 176 valence electrons. The van der Waals surface area contributed by atoms with E-state index in [1.807, 2.05) is 30.3 Å². The third-order valence-corrected chi connectivity index (χ3v) is 5.88. The Bertz CT molecular complexity index is 1070. The van der Waals surface area contributed by atoms with E-state index in [0.29, 0.717) is 17.8 Å². The summed E-state index contributed by atoms with van der Waals surface area (Å²) in [6, 6.07) is 9.06. The van der Waals surface area contributed by atoms with Gasteiger partial charge in [0.15, 0.2) is 17.3 Å². The Morgan fingerprint density at radius 2 is 1.94 bits per heavy atom. The molecule has 1 amide bonds. The molecule has 0 aliphatic rings. The lowest BCUT2D eigenvalue weighted by atomic mass is 10.2. The van der Waals surface area contributed by atoms with Gasteiger partial charge in [-0.2, -0.15) is 0 Å². The number of ketones is 1. The molecule has 1 unspecified atom stereocenters. The first kappa shape index (κ1) is 26.0. The number of aryl methyl sites for hydroxylation is 1. The van der Waals surface area contributed by atoms with Crippen LogP contribution in [0, 0.1) is 12.3 Å². The lowest BCUT2D eigenvalue weighted by Gasteiger charge is -2.19. The van der Waals surface area contributed by atoms with E-state index in [1.54, 1.807) is 20.8 Å². The lowest BCUT2D eigenvalue weighted by molar-refractivity contribution is -0.127. The number of nitrogens with zero attached hydrogens (tertiary/aromatic N) is 2. The topological polar surface area (TPSA) is 143 Å². The molecule has 1 aromatic heterocycles. The highest BCUT2D eigenvalue weighted by molar-refractivity contribution is 7.99. The van der Waals surface area contributed by atoms with Crippen LogP contribution in [0.3, 0.4) is 0 Å². The van der Waals surface area contributed by atoms with E-state index in [-0.39, 0.29) is 36.2 Å². The van der Waals surface area contributed by atoms with Crippen molar-refractivity contribution < 1.29 is 15.0 Å². The van der Waals surface area contributed by atoms with Crippen molar-refractivity contribution in [2.75, 3.05) is 24.2 Å². The van der Waals surface area contributed by atoms with Crippen LogP contribution in [0.25, 0.3) is 0 Å². The van der Waals surface area contributed by atoms with E-state index in [2.05, 4.69) is 15.6 Å². The molecule has 0 saturated carbocycles. The average Bonchev–Trinajstić information content (AvgIpc) is 2.79. The van der Waals surface area contributed by atoms with E-state index in [9.17, 15) is 14.4 Å². The third kappa shape index (κ3) is 7.98. The number of carbonyl (C=O) groups is 2. The normalized spacial score (nSPS) is 11.5. The Kier molecular flexibility index (Phi) is 9.99. The van der Waals surface area contributed by atoms with Crippen LogP contribution in [0.1, 0.15) is 37.6 Å². The number of amides is 1. The van der Waals surface area contributed by atoms with E-state index >= 15 is 0 Å². The Hall–Kier alpha value is -3.27. The standard InChI is InChI=1S/C23H30N6O3S/c1-4-20(22(31)27-10-18(30)14-33-13-17-8-6-5-7-9-17)29-12-15(2)28-21(23(29)32)26-11-19(25)16(3)24/h5-9,12,20,24-25H,4,10-11,13-14H2,1-3H3,(H,26,28)(H,27,31)/p+1. The number of carbonyl (C=O) groups excluding carboxylic acids is 2. The van der Waals surface area contributed by atoms with Crippen molar-refractivity contribution in [3.05, 3.63) is 58.1 Å². The molecule has 1 heterocycles. The number of rotatable bonds is 13. The van der Waals surface area contributed by atoms with Gasteiger partial charge in [-0.15, -0.1) is 11.8 Å². The maximum absolute atomic E-state index is 12.9. The van der Waals surface area contributed by atoms with Crippen molar-refractivity contribution in [1.29, 1.82) is 5.41 Å². The Morgan fingerprint density at radius 1 is 1.24 bits per heavy atom. The first-order valence-corrected chi connectivity index (χ1v) is 11.8. The zero-order valence-corrected chi connectivity index (χ0v) is 20.0. The van der Waals surface area contributed by atoms with Gasteiger partial charge in [-0.3, -0.25) is 29.8 Å². The molecular weight excluding hydrogens is 440 g/mol. The molecule has 10 heteroatoms. The molecule has 0 radical (unpaired) electrons. The Balaban J connectivity index is 1.98. The molecule has 33 heavy (non-hydrogen) atoms. The smallest absolute Gasteiger partial charge is 0.294 e. The summed E-state index contributed by atoms with van der Waals surface area (Å²) < 4.78 is 1.32. The van der Waals surface area contributed by atoms with Crippen LogP contribution in [-0.2, 0) is 15.3 Å². The molecule has 2 rings (SSSR count). The first-order valence-electron chi connectivity index (χ1n) is 10.6. The molecule has 0 fully saturated rings. The van der Waals surface area contributed by atoms with Gasteiger partial charge in [-0.05, 0) is 18.9 Å². The average molecular weight is 472 g/mol. The molecule has 0 bridgehead atoms. The van der Waals surface area contributed by atoms with E-state index in [4.69, 9.17) is 10.8 Å². The largest absolute Gasteiger partial charge is 0.360 e. The molecule has 1 atom stereocenters. The summed E-state index contributed by atoms with van der Waals surface area (Å²) >= 11 is 1.49. The van der Waals surface area contributed by atoms with Crippen LogP contribution in [0.15, 0.2) is 41.3 Å². The van der Waals surface area contributed by atoms with Gasteiger partial charge in [0.05, 0.1) is 24.5 Å². The summed E-state index contributed by atoms with van der Waals surface area (Å²) in [5.41, 5.74) is 1.69. The number of Topliss-reactive ketones (excluding diaryl/α,β-unsaturated/α-hetero) is 1. The third-order valence-electron chi connectivity index (χ3n) is 4.82. The van der Waals surface area contributed by atoms with Crippen LogP contribution in [0.5, 0.6) is 0 Å². The summed E-state index contributed by atoms with van der Waals surface area (Å²) in [6.07, 6.45) is 1.88. The van der Waals surface area contributed by atoms with E-state index < -0.39 is 17.5 Å². The van der Waals surface area contributed by atoms with Gasteiger partial charge >= 0.3 is 0 Å². The maximum Gasteiger partial charge on any atom is 0.294 e. The molecule has 0 spiro atoms. The summed E-state index contributed by atoms with van der Waals surface area (Å²) in [7, 11) is 0. The zero-order chi connectivity index (χ0) is 24.4. The van der Waals surface area contributed by atoms with Gasteiger partial charge in [-0.25, -0.2) is 4.98 Å². The van der Waals surface area contributed by atoms with Crippen molar-refractivity contribution >= 4 is 40.7 Å². The minimum Gasteiger partial charge on any atom is -0.360 e. The van der Waals surface area contributed by atoms with Crippen molar-refractivity contribution in [3.8, 4) is 0 Å². The molecule has 1 aromatic carbocycles. The van der Waals surface area contributed by atoms with Crippen molar-refractivity contribution in [1.82, 2.24) is 14.9 Å². The number of hydrogen-bond acceptors (Lipinski definition) is 7. The lowest BCUT2D eigenvalue weighted by Crippen LogP contribution is -2.45. The number of aromatic nitrogens is 2. The number of benzene rings is 1. The van der Waals surface area contributed by atoms with Crippen molar-refractivity contribution in [2.24, 2.45) is 0 Å². The second-order valence-corrected chi connectivity index (χ2v) is 8.60. The predicted molar refractivity (Wildman–Crippen MR) is 132 cm³/mol. The summed E-state index contributed by atoms with van der Waals surface area (Å²) in [5, 5.41) is 18.9. The van der Waals surface area contributed by atoms with Crippen LogP contribution in [-0.4, -0.2) is 51.5 Å². The molecule has 0 aliphatic carbocycles. The van der Waals surface area contributed by atoms with Crippen LogP contribution < -0.4 is 21.6 Å². The maximum atomic E-state index is 12.9. The van der Waals surface area contributed by atoms with Gasteiger partial charge in [0, 0.05) is 18.9 Å². The second-order valence-electron chi connectivity index (χ2n) is 7.62. The molecule has 5 N–H and O–H groups in total. The highest BCUT2D eigenvalue weighted by Crippen LogP contribution is 2.13. The number of nitrogens with two attached hydrogens (primary N) is 1. The Labute approximate surface area is 197 Å². The van der Waals surface area contributed by atoms with Gasteiger partial charge in [-0.1, -0.05) is 37.3 Å².